The second kappa shape index (κ2) is 11.9. The summed E-state index contributed by atoms with van der Waals surface area (Å²) in [6, 6.07) is 13.6. The van der Waals surface area contributed by atoms with E-state index in [1.54, 1.807) is 13.0 Å². The molecule has 10 heteroatoms. The van der Waals surface area contributed by atoms with Gasteiger partial charge in [-0.15, -0.1) is 0 Å². The van der Waals surface area contributed by atoms with Crippen molar-refractivity contribution in [3.05, 3.63) is 93.7 Å². The minimum atomic E-state index is -1.16. The summed E-state index contributed by atoms with van der Waals surface area (Å²) in [6.07, 6.45) is 5.08. The first kappa shape index (κ1) is 26.3. The maximum absolute atomic E-state index is 13.2. The number of nitro benzene ring substituents is 1. The highest BCUT2D eigenvalue weighted by Gasteiger charge is 2.36. The first-order valence-corrected chi connectivity index (χ1v) is 11.5. The van der Waals surface area contributed by atoms with E-state index in [9.17, 15) is 24.8 Å². The summed E-state index contributed by atoms with van der Waals surface area (Å²) in [5, 5.41) is 23.7. The Morgan fingerprint density at radius 3 is 2.56 bits per heavy atom. The van der Waals surface area contributed by atoms with Crippen LogP contribution in [0.4, 0.5) is 10.5 Å². The van der Waals surface area contributed by atoms with E-state index in [2.05, 4.69) is 5.32 Å². The highest BCUT2D eigenvalue weighted by Crippen LogP contribution is 2.30. The molecule has 0 aliphatic carbocycles. The Hall–Kier alpha value is -4.34. The Kier molecular flexibility index (Phi) is 8.66. The summed E-state index contributed by atoms with van der Waals surface area (Å²) in [6.45, 7) is 3.99. The predicted molar refractivity (Wildman–Crippen MR) is 132 cm³/mol. The molecule has 36 heavy (non-hydrogen) atoms. The molecule has 1 amide bonds. The van der Waals surface area contributed by atoms with Crippen molar-refractivity contribution >= 4 is 17.7 Å². The molecule has 1 atom stereocenters. The van der Waals surface area contributed by atoms with Crippen LogP contribution in [0, 0.1) is 10.1 Å². The van der Waals surface area contributed by atoms with E-state index < -0.39 is 22.6 Å². The minimum Gasteiger partial charge on any atom is -0.489 e. The number of ether oxygens (including phenoxy) is 2. The van der Waals surface area contributed by atoms with Crippen molar-refractivity contribution in [2.24, 2.45) is 0 Å². The predicted octanol–water partition coefficient (Wildman–Crippen LogP) is 4.76. The maximum atomic E-state index is 13.2. The maximum Gasteiger partial charge on any atom is 0.412 e. The van der Waals surface area contributed by atoms with Gasteiger partial charge in [-0.2, -0.15) is 0 Å². The number of nitrogens with zero attached hydrogens (tertiary/aromatic N) is 2. The van der Waals surface area contributed by atoms with Crippen molar-refractivity contribution in [3.63, 3.8) is 0 Å². The first-order valence-electron chi connectivity index (χ1n) is 11.5. The normalized spacial score (nSPS) is 16.4. The van der Waals surface area contributed by atoms with Crippen LogP contribution in [-0.2, 0) is 22.7 Å². The van der Waals surface area contributed by atoms with Gasteiger partial charge in [0.25, 0.3) is 5.69 Å². The lowest BCUT2D eigenvalue weighted by Gasteiger charge is -2.40. The number of carboxylic acid groups (broad SMARTS) is 1. The van der Waals surface area contributed by atoms with Crippen LogP contribution in [0.15, 0.2) is 72.5 Å². The molecule has 1 aliphatic rings. The van der Waals surface area contributed by atoms with Gasteiger partial charge in [-0.3, -0.25) is 15.0 Å². The van der Waals surface area contributed by atoms with Gasteiger partial charge in [0.2, 0.25) is 0 Å². The Morgan fingerprint density at radius 1 is 1.19 bits per heavy atom. The number of dihydropyridines is 1. The molecule has 10 nitrogen and oxygen atoms in total. The smallest absolute Gasteiger partial charge is 0.412 e. The van der Waals surface area contributed by atoms with Crippen molar-refractivity contribution in [3.8, 4) is 5.75 Å². The van der Waals surface area contributed by atoms with Crippen molar-refractivity contribution < 1.29 is 29.1 Å². The van der Waals surface area contributed by atoms with Crippen molar-refractivity contribution in [2.45, 2.75) is 45.5 Å². The Balaban J connectivity index is 1.94. The lowest BCUT2D eigenvalue weighted by Crippen LogP contribution is -2.57. The van der Waals surface area contributed by atoms with E-state index in [4.69, 9.17) is 9.47 Å². The molecule has 1 aliphatic heterocycles. The molecule has 1 unspecified atom stereocenters. The van der Waals surface area contributed by atoms with Crippen molar-refractivity contribution in [1.82, 2.24) is 10.2 Å². The third-order valence-corrected chi connectivity index (χ3v) is 5.68. The Morgan fingerprint density at radius 2 is 1.94 bits per heavy atom. The van der Waals surface area contributed by atoms with Crippen LogP contribution in [0.25, 0.3) is 0 Å². The molecule has 0 radical (unpaired) electrons. The number of hydrogen-bond donors (Lipinski definition) is 2. The SMILES string of the molecule is CCCCOC(=O)N(Cc1cc([N+](=O)[O-])ccc1OCc1ccccc1)C1(C)C=CC(C(=O)O)=CN1. The van der Waals surface area contributed by atoms with Crippen LogP contribution in [0.3, 0.4) is 0 Å². The van der Waals surface area contributed by atoms with Crippen LogP contribution in [0.2, 0.25) is 0 Å². The van der Waals surface area contributed by atoms with Gasteiger partial charge >= 0.3 is 12.1 Å². The van der Waals surface area contributed by atoms with E-state index >= 15 is 0 Å². The molecule has 2 N–H and O–H groups in total. The molecule has 0 saturated carbocycles. The molecule has 0 spiro atoms. The van der Waals surface area contributed by atoms with Gasteiger partial charge < -0.3 is 19.9 Å². The molecule has 0 aromatic heterocycles. The summed E-state index contributed by atoms with van der Waals surface area (Å²) in [7, 11) is 0. The minimum absolute atomic E-state index is 0.0222. The number of aliphatic carboxylic acids is 1. The number of hydrogen-bond acceptors (Lipinski definition) is 7. The molecule has 2 aromatic carbocycles. The average Bonchev–Trinajstić information content (AvgIpc) is 2.87. The fraction of sp³-hybridized carbons (Fsp3) is 0.308. The summed E-state index contributed by atoms with van der Waals surface area (Å²) >= 11 is 0. The number of nitrogens with one attached hydrogen (secondary N) is 1. The van der Waals surface area contributed by atoms with Gasteiger partial charge in [0.05, 0.1) is 23.6 Å². The zero-order valence-electron chi connectivity index (χ0n) is 20.2. The third kappa shape index (κ3) is 6.62. The van der Waals surface area contributed by atoms with Crippen LogP contribution in [0.1, 0.15) is 37.8 Å². The summed E-state index contributed by atoms with van der Waals surface area (Å²) in [5.41, 5.74) is 0.0179. The van der Waals surface area contributed by atoms with Crippen LogP contribution < -0.4 is 10.1 Å². The number of carbonyl (C=O) groups excluding carboxylic acids is 1. The lowest BCUT2D eigenvalue weighted by atomic mass is 10.0. The molecular formula is C26H29N3O7. The summed E-state index contributed by atoms with van der Waals surface area (Å²) in [4.78, 5) is 36.8. The number of amides is 1. The number of rotatable bonds is 11. The van der Waals surface area contributed by atoms with Crippen molar-refractivity contribution in [2.75, 3.05) is 6.61 Å². The van der Waals surface area contributed by atoms with Crippen LogP contribution in [0.5, 0.6) is 5.75 Å². The molecular weight excluding hydrogens is 466 g/mol. The topological polar surface area (TPSA) is 131 Å². The largest absolute Gasteiger partial charge is 0.489 e. The number of unbranched alkanes of at least 4 members (excludes halogenated alkanes) is 1. The molecule has 3 rings (SSSR count). The van der Waals surface area contributed by atoms with E-state index in [1.165, 1.54) is 35.4 Å². The molecule has 190 valence electrons. The number of benzene rings is 2. The molecule has 2 aromatic rings. The first-order chi connectivity index (χ1) is 17.2. The number of nitro groups is 1. The van der Waals surface area contributed by atoms with E-state index in [0.29, 0.717) is 17.7 Å². The number of non-ortho nitro benzene ring substituents is 1. The highest BCUT2D eigenvalue weighted by atomic mass is 16.6. The average molecular weight is 496 g/mol. The fourth-order valence-corrected chi connectivity index (χ4v) is 3.52. The van der Waals surface area contributed by atoms with Gasteiger partial charge in [-0.1, -0.05) is 43.7 Å². The quantitative estimate of drug-likeness (QED) is 0.259. The standard InChI is InChI=1S/C26H29N3O7/c1-3-4-14-35-25(32)28(26(2)13-12-20(16-27-26)24(30)31)17-21-15-22(29(33)34)10-11-23(21)36-18-19-8-6-5-7-9-19/h5-13,15-16,27H,3-4,14,17-18H2,1-2H3,(H,30,31). The summed E-state index contributed by atoms with van der Waals surface area (Å²) in [5.74, 6) is -0.742. The fourth-order valence-electron chi connectivity index (χ4n) is 3.52. The van der Waals surface area contributed by atoms with Crippen LogP contribution in [-0.4, -0.2) is 39.3 Å². The molecule has 0 bridgehead atoms. The third-order valence-electron chi connectivity index (χ3n) is 5.68. The second-order valence-electron chi connectivity index (χ2n) is 8.41. The summed E-state index contributed by atoms with van der Waals surface area (Å²) < 4.78 is 11.4. The van der Waals surface area contributed by atoms with Gasteiger partial charge in [0.15, 0.2) is 0 Å². The zero-order chi connectivity index (χ0) is 26.1. The molecule has 0 saturated heterocycles. The van der Waals surface area contributed by atoms with Crippen LogP contribution >= 0.6 is 0 Å². The van der Waals surface area contributed by atoms with Gasteiger partial charge in [-0.25, -0.2) is 9.59 Å². The number of carbonyl (C=O) groups is 2. The molecule has 1 heterocycles. The Bertz CT molecular complexity index is 1160. The lowest BCUT2D eigenvalue weighted by molar-refractivity contribution is -0.385. The second-order valence-corrected chi connectivity index (χ2v) is 8.41. The van der Waals surface area contributed by atoms with Gasteiger partial charge in [0.1, 0.15) is 18.0 Å². The Labute approximate surface area is 209 Å². The van der Waals surface area contributed by atoms with Gasteiger partial charge in [-0.05, 0) is 37.1 Å². The van der Waals surface area contributed by atoms with E-state index in [1.807, 2.05) is 37.3 Å². The molecule has 0 fully saturated rings. The number of carboxylic acids is 1. The highest BCUT2D eigenvalue weighted by molar-refractivity contribution is 5.90. The van der Waals surface area contributed by atoms with E-state index in [0.717, 1.165) is 12.0 Å². The van der Waals surface area contributed by atoms with Gasteiger partial charge in [0, 0.05) is 23.9 Å². The van der Waals surface area contributed by atoms with Crippen molar-refractivity contribution in [1.29, 1.82) is 0 Å². The monoisotopic (exact) mass is 495 g/mol. The van der Waals surface area contributed by atoms with E-state index in [-0.39, 0.29) is 31.0 Å². The zero-order valence-corrected chi connectivity index (χ0v) is 20.2.